The van der Waals surface area contributed by atoms with Crippen LogP contribution in [0, 0.1) is 16.7 Å². The summed E-state index contributed by atoms with van der Waals surface area (Å²) in [5.74, 6) is 0.214. The first-order valence-electron chi connectivity index (χ1n) is 9.47. The number of nitriles is 1. The number of carbonyl (C=O) groups is 1. The average molecular weight is 381 g/mol. The molecule has 2 atom stereocenters. The first-order valence-corrected chi connectivity index (χ1v) is 9.84. The second-order valence-electron chi connectivity index (χ2n) is 7.85. The molecular formula is C23H25ClN2O. The maximum absolute atomic E-state index is 12.7. The molecule has 1 aliphatic carbocycles. The molecule has 0 aliphatic heterocycles. The van der Waals surface area contributed by atoms with Crippen molar-refractivity contribution in [3.63, 3.8) is 0 Å². The number of nitrogens with one attached hydrogen (secondary N) is 1. The van der Waals surface area contributed by atoms with Gasteiger partial charge in [0.25, 0.3) is 0 Å². The molecule has 0 unspecified atom stereocenters. The standard InChI is InChI=1S/C23H25ClN2O/c1-16(26-22(27)23(2)11-4-12-23)21(14-17-7-9-20(24)10-8-17)19-6-3-5-18(13-19)15-25/h3,5-10,13,16,21H,4,11-12,14H2,1-2H3,(H,26,27)/t16-,21+/m0/s1. The van der Waals surface area contributed by atoms with E-state index in [9.17, 15) is 10.1 Å². The summed E-state index contributed by atoms with van der Waals surface area (Å²) >= 11 is 6.02. The Hall–Kier alpha value is -2.31. The van der Waals surface area contributed by atoms with Crippen molar-refractivity contribution in [3.8, 4) is 6.07 Å². The Morgan fingerprint density at radius 2 is 1.96 bits per heavy atom. The van der Waals surface area contributed by atoms with Gasteiger partial charge in [-0.25, -0.2) is 0 Å². The highest BCUT2D eigenvalue weighted by Gasteiger charge is 2.40. The van der Waals surface area contributed by atoms with Crippen molar-refractivity contribution in [1.29, 1.82) is 5.26 Å². The maximum Gasteiger partial charge on any atom is 0.226 e. The molecule has 1 aliphatic rings. The maximum atomic E-state index is 12.7. The van der Waals surface area contributed by atoms with E-state index in [1.54, 1.807) is 0 Å². The molecular weight excluding hydrogens is 356 g/mol. The third kappa shape index (κ3) is 4.51. The first-order chi connectivity index (χ1) is 12.9. The molecule has 0 spiro atoms. The van der Waals surface area contributed by atoms with Crippen LogP contribution < -0.4 is 5.32 Å². The molecule has 0 heterocycles. The van der Waals surface area contributed by atoms with Gasteiger partial charge in [-0.05, 0) is 61.6 Å². The molecule has 1 saturated carbocycles. The lowest BCUT2D eigenvalue weighted by Crippen LogP contribution is -2.48. The number of nitrogens with zero attached hydrogens (tertiary/aromatic N) is 1. The zero-order valence-corrected chi connectivity index (χ0v) is 16.6. The van der Waals surface area contributed by atoms with Gasteiger partial charge in [0.2, 0.25) is 5.91 Å². The number of rotatable bonds is 6. The summed E-state index contributed by atoms with van der Waals surface area (Å²) in [7, 11) is 0. The fraction of sp³-hybridized carbons (Fsp3) is 0.391. The minimum atomic E-state index is -0.229. The Balaban J connectivity index is 1.84. The molecule has 0 saturated heterocycles. The van der Waals surface area contributed by atoms with Gasteiger partial charge in [0.1, 0.15) is 0 Å². The van der Waals surface area contributed by atoms with Crippen molar-refractivity contribution in [3.05, 3.63) is 70.2 Å². The summed E-state index contributed by atoms with van der Waals surface area (Å²) in [5.41, 5.74) is 2.63. The largest absolute Gasteiger partial charge is 0.353 e. The van der Waals surface area contributed by atoms with Gasteiger partial charge in [0.05, 0.1) is 11.6 Å². The highest BCUT2D eigenvalue weighted by Crippen LogP contribution is 2.40. The first kappa shape index (κ1) is 19.5. The van der Waals surface area contributed by atoms with E-state index in [2.05, 4.69) is 18.3 Å². The van der Waals surface area contributed by atoms with Gasteiger partial charge in [-0.1, -0.05) is 49.2 Å². The monoisotopic (exact) mass is 380 g/mol. The van der Waals surface area contributed by atoms with Crippen molar-refractivity contribution >= 4 is 17.5 Å². The van der Waals surface area contributed by atoms with Gasteiger partial charge in [0.15, 0.2) is 0 Å². The summed E-state index contributed by atoms with van der Waals surface area (Å²) < 4.78 is 0. The van der Waals surface area contributed by atoms with E-state index in [1.165, 1.54) is 0 Å². The number of hydrogen-bond acceptors (Lipinski definition) is 2. The van der Waals surface area contributed by atoms with Gasteiger partial charge in [-0.15, -0.1) is 0 Å². The van der Waals surface area contributed by atoms with E-state index >= 15 is 0 Å². The molecule has 27 heavy (non-hydrogen) atoms. The molecule has 4 heteroatoms. The molecule has 2 aromatic carbocycles. The molecule has 3 nitrogen and oxygen atoms in total. The smallest absolute Gasteiger partial charge is 0.226 e. The van der Waals surface area contributed by atoms with E-state index in [-0.39, 0.29) is 23.3 Å². The van der Waals surface area contributed by atoms with Crippen LogP contribution in [0.1, 0.15) is 55.7 Å². The normalized spacial score (nSPS) is 17.3. The number of hydrogen-bond donors (Lipinski definition) is 1. The highest BCUT2D eigenvalue weighted by atomic mass is 35.5. The van der Waals surface area contributed by atoms with Crippen molar-refractivity contribution in [1.82, 2.24) is 5.32 Å². The van der Waals surface area contributed by atoms with Gasteiger partial charge in [-0.3, -0.25) is 4.79 Å². The summed E-state index contributed by atoms with van der Waals surface area (Å²) in [6.45, 7) is 4.10. The van der Waals surface area contributed by atoms with Crippen LogP contribution >= 0.6 is 11.6 Å². The number of halogens is 1. The van der Waals surface area contributed by atoms with Gasteiger partial charge in [-0.2, -0.15) is 5.26 Å². The number of amides is 1. The Morgan fingerprint density at radius 1 is 1.26 bits per heavy atom. The van der Waals surface area contributed by atoms with Crippen LogP contribution in [0.3, 0.4) is 0 Å². The van der Waals surface area contributed by atoms with Crippen molar-refractivity contribution in [2.45, 2.75) is 51.5 Å². The molecule has 3 rings (SSSR count). The van der Waals surface area contributed by atoms with Crippen LogP contribution in [0.2, 0.25) is 5.02 Å². The summed E-state index contributed by atoms with van der Waals surface area (Å²) in [6, 6.07) is 17.7. The third-order valence-corrected chi connectivity index (χ3v) is 6.03. The number of benzene rings is 2. The highest BCUT2D eigenvalue weighted by molar-refractivity contribution is 6.30. The average Bonchev–Trinajstić information content (AvgIpc) is 2.65. The van der Waals surface area contributed by atoms with Crippen molar-refractivity contribution in [2.75, 3.05) is 0 Å². The van der Waals surface area contributed by atoms with Crippen molar-refractivity contribution < 1.29 is 4.79 Å². The second-order valence-corrected chi connectivity index (χ2v) is 8.29. The quantitative estimate of drug-likeness (QED) is 0.745. The molecule has 0 radical (unpaired) electrons. The summed E-state index contributed by atoms with van der Waals surface area (Å²) in [4.78, 5) is 12.7. The lowest BCUT2D eigenvalue weighted by molar-refractivity contribution is -0.135. The summed E-state index contributed by atoms with van der Waals surface area (Å²) in [5, 5.41) is 13.2. The van der Waals surface area contributed by atoms with E-state index in [1.807, 2.05) is 55.5 Å². The summed E-state index contributed by atoms with van der Waals surface area (Å²) in [6.07, 6.45) is 3.80. The van der Waals surface area contributed by atoms with Gasteiger partial charge < -0.3 is 5.32 Å². The fourth-order valence-electron chi connectivity index (χ4n) is 3.71. The molecule has 2 aromatic rings. The van der Waals surface area contributed by atoms with Crippen LogP contribution in [0.5, 0.6) is 0 Å². The van der Waals surface area contributed by atoms with E-state index < -0.39 is 0 Å². The van der Waals surface area contributed by atoms with E-state index in [4.69, 9.17) is 11.6 Å². The van der Waals surface area contributed by atoms with Gasteiger partial charge >= 0.3 is 0 Å². The Morgan fingerprint density at radius 3 is 2.56 bits per heavy atom. The molecule has 1 amide bonds. The Bertz CT molecular complexity index is 849. The van der Waals surface area contributed by atoms with Crippen LogP contribution in [-0.4, -0.2) is 11.9 Å². The van der Waals surface area contributed by atoms with Crippen LogP contribution in [-0.2, 0) is 11.2 Å². The predicted octanol–water partition coefficient (Wildman–Crippen LogP) is 5.23. The second kappa shape index (κ2) is 8.15. The van der Waals surface area contributed by atoms with Gasteiger partial charge in [0, 0.05) is 22.4 Å². The van der Waals surface area contributed by atoms with E-state index in [0.29, 0.717) is 10.6 Å². The molecule has 0 aromatic heterocycles. The molecule has 1 fully saturated rings. The SMILES string of the molecule is C[C@H](NC(=O)C1(C)CCC1)[C@@H](Cc1ccc(Cl)cc1)c1cccc(C#N)c1. The Labute approximate surface area is 166 Å². The van der Waals surface area contributed by atoms with Crippen LogP contribution in [0.25, 0.3) is 0 Å². The Kier molecular flexibility index (Phi) is 5.87. The molecule has 140 valence electrons. The minimum Gasteiger partial charge on any atom is -0.353 e. The minimum absolute atomic E-state index is 0.0421. The van der Waals surface area contributed by atoms with E-state index in [0.717, 1.165) is 36.8 Å². The zero-order chi connectivity index (χ0) is 19.4. The third-order valence-electron chi connectivity index (χ3n) is 5.78. The van der Waals surface area contributed by atoms with Crippen molar-refractivity contribution in [2.24, 2.45) is 5.41 Å². The predicted molar refractivity (Wildman–Crippen MR) is 109 cm³/mol. The van der Waals surface area contributed by atoms with Crippen LogP contribution in [0.15, 0.2) is 48.5 Å². The lowest BCUT2D eigenvalue weighted by Gasteiger charge is -2.38. The zero-order valence-electron chi connectivity index (χ0n) is 15.8. The number of carbonyl (C=O) groups excluding carboxylic acids is 1. The topological polar surface area (TPSA) is 52.9 Å². The van der Waals surface area contributed by atoms with Crippen LogP contribution in [0.4, 0.5) is 0 Å². The lowest BCUT2D eigenvalue weighted by atomic mass is 9.69. The fourth-order valence-corrected chi connectivity index (χ4v) is 3.84. The molecule has 0 bridgehead atoms. The molecule has 1 N–H and O–H groups in total.